The van der Waals surface area contributed by atoms with Gasteiger partial charge in [0, 0.05) is 23.4 Å². The monoisotopic (exact) mass is 474 g/mol. The average molecular weight is 474 g/mol. The van der Waals surface area contributed by atoms with E-state index in [0.717, 1.165) is 5.56 Å². The van der Waals surface area contributed by atoms with Gasteiger partial charge in [0.05, 0.1) is 32.6 Å². The van der Waals surface area contributed by atoms with Gasteiger partial charge in [-0.25, -0.2) is 14.5 Å². The molecule has 0 spiro atoms. The number of carboxylic acids is 1. The number of ether oxygens (including phenoxy) is 3. The first-order valence-electron chi connectivity index (χ1n) is 10.4. The first-order chi connectivity index (χ1) is 16.9. The van der Waals surface area contributed by atoms with Gasteiger partial charge in [-0.2, -0.15) is 0 Å². The molecule has 4 rings (SSSR count). The van der Waals surface area contributed by atoms with Crippen LogP contribution in [0.25, 0.3) is 17.1 Å². The molecule has 1 aromatic heterocycles. The van der Waals surface area contributed by atoms with Gasteiger partial charge in [0.15, 0.2) is 17.3 Å². The number of methoxy groups -OCH3 is 3. The van der Waals surface area contributed by atoms with Crippen molar-refractivity contribution in [2.75, 3.05) is 26.6 Å². The van der Waals surface area contributed by atoms with E-state index in [1.54, 1.807) is 12.1 Å². The van der Waals surface area contributed by atoms with Crippen molar-refractivity contribution in [1.82, 2.24) is 14.8 Å². The van der Waals surface area contributed by atoms with Crippen molar-refractivity contribution >= 4 is 17.6 Å². The molecule has 0 atom stereocenters. The molecule has 10 nitrogen and oxygen atoms in total. The molecule has 1 heterocycles. The molecule has 0 unspecified atom stereocenters. The average Bonchev–Trinajstić information content (AvgIpc) is 3.34. The van der Waals surface area contributed by atoms with Gasteiger partial charge in [-0.3, -0.25) is 4.79 Å². The molecule has 0 fully saturated rings. The number of nitrogens with one attached hydrogen (secondary N) is 1. The second-order valence-corrected chi connectivity index (χ2v) is 7.26. The van der Waals surface area contributed by atoms with Gasteiger partial charge in [0.2, 0.25) is 11.6 Å². The summed E-state index contributed by atoms with van der Waals surface area (Å²) >= 11 is 0. The quantitative estimate of drug-likeness (QED) is 0.394. The van der Waals surface area contributed by atoms with Crippen molar-refractivity contribution in [1.29, 1.82) is 0 Å². The van der Waals surface area contributed by atoms with E-state index in [2.05, 4.69) is 15.4 Å². The number of aromatic carboxylic acids is 1. The van der Waals surface area contributed by atoms with Crippen molar-refractivity contribution in [3.8, 4) is 34.3 Å². The molecular formula is C25H22N4O6. The number of amides is 1. The zero-order valence-corrected chi connectivity index (χ0v) is 19.2. The Bertz CT molecular complexity index is 1340. The highest BCUT2D eigenvalue weighted by Gasteiger charge is 2.22. The largest absolute Gasteiger partial charge is 0.493 e. The molecule has 0 aliphatic rings. The lowest BCUT2D eigenvalue weighted by atomic mass is 10.2. The first kappa shape index (κ1) is 23.3. The van der Waals surface area contributed by atoms with Crippen LogP contribution >= 0.6 is 0 Å². The lowest BCUT2D eigenvalue weighted by Crippen LogP contribution is -2.14. The van der Waals surface area contributed by atoms with E-state index in [9.17, 15) is 9.59 Å². The fraction of sp³-hybridized carbons (Fsp3) is 0.120. The van der Waals surface area contributed by atoms with Crippen LogP contribution in [0, 0.1) is 0 Å². The SMILES string of the molecule is COc1cc(-n2nc(C(=O)Nc3ccc(C(=O)O)cc3)nc2-c2ccccc2)cc(OC)c1OC. The van der Waals surface area contributed by atoms with Gasteiger partial charge >= 0.3 is 5.97 Å². The first-order valence-corrected chi connectivity index (χ1v) is 10.4. The normalized spacial score (nSPS) is 10.5. The van der Waals surface area contributed by atoms with Gasteiger partial charge in [-0.1, -0.05) is 30.3 Å². The number of anilines is 1. The Hall–Kier alpha value is -4.86. The van der Waals surface area contributed by atoms with Crippen molar-refractivity contribution in [3.05, 3.63) is 78.1 Å². The van der Waals surface area contributed by atoms with E-state index in [-0.39, 0.29) is 11.4 Å². The van der Waals surface area contributed by atoms with Gasteiger partial charge in [-0.15, -0.1) is 5.10 Å². The highest BCUT2D eigenvalue weighted by Crippen LogP contribution is 2.39. The van der Waals surface area contributed by atoms with Crippen LogP contribution in [0.4, 0.5) is 5.69 Å². The summed E-state index contributed by atoms with van der Waals surface area (Å²) in [6.45, 7) is 0. The van der Waals surface area contributed by atoms with Gasteiger partial charge in [-0.05, 0) is 24.3 Å². The minimum Gasteiger partial charge on any atom is -0.493 e. The number of carbonyl (C=O) groups excluding carboxylic acids is 1. The summed E-state index contributed by atoms with van der Waals surface area (Å²) in [5.41, 5.74) is 1.79. The van der Waals surface area contributed by atoms with E-state index in [4.69, 9.17) is 19.3 Å². The minimum atomic E-state index is -1.05. The van der Waals surface area contributed by atoms with Crippen molar-refractivity contribution in [2.45, 2.75) is 0 Å². The third-order valence-electron chi connectivity index (χ3n) is 5.13. The third-order valence-corrected chi connectivity index (χ3v) is 5.13. The Morgan fingerprint density at radius 3 is 2.06 bits per heavy atom. The van der Waals surface area contributed by atoms with Gasteiger partial charge in [0.1, 0.15) is 0 Å². The van der Waals surface area contributed by atoms with Gasteiger partial charge in [0.25, 0.3) is 5.91 Å². The van der Waals surface area contributed by atoms with E-state index in [1.165, 1.54) is 50.3 Å². The Morgan fingerprint density at radius 2 is 1.51 bits per heavy atom. The van der Waals surface area contributed by atoms with Crippen LogP contribution in [0.15, 0.2) is 66.7 Å². The van der Waals surface area contributed by atoms with E-state index in [0.29, 0.717) is 34.4 Å². The highest BCUT2D eigenvalue weighted by atomic mass is 16.5. The Kier molecular flexibility index (Phi) is 6.63. The van der Waals surface area contributed by atoms with Crippen molar-refractivity contribution in [2.24, 2.45) is 0 Å². The standard InChI is InChI=1S/C25H22N4O6/c1-33-19-13-18(14-20(34-2)21(19)35-3)29-23(15-7-5-4-6-8-15)27-22(28-29)24(30)26-17-11-9-16(10-12-17)25(31)32/h4-14H,1-3H3,(H,26,30)(H,31,32). The van der Waals surface area contributed by atoms with Crippen molar-refractivity contribution < 1.29 is 28.9 Å². The molecular weight excluding hydrogens is 452 g/mol. The van der Waals surface area contributed by atoms with Crippen LogP contribution in [-0.4, -0.2) is 53.1 Å². The predicted molar refractivity (Wildman–Crippen MR) is 128 cm³/mol. The molecule has 35 heavy (non-hydrogen) atoms. The Labute approximate surface area is 200 Å². The van der Waals surface area contributed by atoms with E-state index in [1.807, 2.05) is 30.3 Å². The summed E-state index contributed by atoms with van der Waals surface area (Å²) in [4.78, 5) is 28.5. The lowest BCUT2D eigenvalue weighted by molar-refractivity contribution is 0.0696. The molecule has 0 bridgehead atoms. The fourth-order valence-corrected chi connectivity index (χ4v) is 3.44. The number of carboxylic acid groups (broad SMARTS) is 1. The fourth-order valence-electron chi connectivity index (χ4n) is 3.44. The lowest BCUT2D eigenvalue weighted by Gasteiger charge is -2.14. The zero-order chi connectivity index (χ0) is 24.9. The van der Waals surface area contributed by atoms with Crippen LogP contribution in [0.5, 0.6) is 17.2 Å². The molecule has 10 heteroatoms. The number of hydrogen-bond acceptors (Lipinski definition) is 7. The summed E-state index contributed by atoms with van der Waals surface area (Å²) in [6.07, 6.45) is 0. The summed E-state index contributed by atoms with van der Waals surface area (Å²) in [5, 5.41) is 16.2. The summed E-state index contributed by atoms with van der Waals surface area (Å²) in [5.74, 6) is -0.0200. The summed E-state index contributed by atoms with van der Waals surface area (Å²) in [7, 11) is 4.53. The van der Waals surface area contributed by atoms with Gasteiger partial charge < -0.3 is 24.6 Å². The predicted octanol–water partition coefficient (Wildman–Crippen LogP) is 3.91. The maximum atomic E-state index is 13.0. The molecule has 0 saturated heterocycles. The van der Waals surface area contributed by atoms with Crippen LogP contribution in [0.3, 0.4) is 0 Å². The maximum absolute atomic E-state index is 13.0. The molecule has 0 aliphatic carbocycles. The minimum absolute atomic E-state index is 0.0834. The Morgan fingerprint density at radius 1 is 0.886 bits per heavy atom. The molecule has 2 N–H and O–H groups in total. The highest BCUT2D eigenvalue weighted by molar-refractivity contribution is 6.02. The molecule has 1 amide bonds. The van der Waals surface area contributed by atoms with Crippen LogP contribution in [-0.2, 0) is 0 Å². The Balaban J connectivity index is 1.77. The smallest absolute Gasteiger partial charge is 0.335 e. The molecule has 0 aliphatic heterocycles. The summed E-state index contributed by atoms with van der Waals surface area (Å²) in [6, 6.07) is 18.5. The topological polar surface area (TPSA) is 125 Å². The second kappa shape index (κ2) is 9.96. The van der Waals surface area contributed by atoms with Crippen LogP contribution in [0.1, 0.15) is 21.0 Å². The molecule has 0 radical (unpaired) electrons. The third kappa shape index (κ3) is 4.76. The number of carbonyl (C=O) groups is 2. The summed E-state index contributed by atoms with van der Waals surface area (Å²) < 4.78 is 17.8. The van der Waals surface area contributed by atoms with Crippen LogP contribution < -0.4 is 19.5 Å². The zero-order valence-electron chi connectivity index (χ0n) is 19.2. The molecule has 178 valence electrons. The second-order valence-electron chi connectivity index (χ2n) is 7.26. The number of rotatable bonds is 8. The number of aromatic nitrogens is 3. The molecule has 4 aromatic rings. The molecule has 3 aromatic carbocycles. The van der Waals surface area contributed by atoms with E-state index < -0.39 is 11.9 Å². The number of hydrogen-bond donors (Lipinski definition) is 2. The number of benzene rings is 3. The molecule has 0 saturated carbocycles. The van der Waals surface area contributed by atoms with Crippen LogP contribution in [0.2, 0.25) is 0 Å². The van der Waals surface area contributed by atoms with E-state index >= 15 is 0 Å². The maximum Gasteiger partial charge on any atom is 0.335 e. The number of nitrogens with zero attached hydrogens (tertiary/aromatic N) is 3. The van der Waals surface area contributed by atoms with Crippen molar-refractivity contribution in [3.63, 3.8) is 0 Å².